The third-order valence-electron chi connectivity index (χ3n) is 4.72. The maximum atomic E-state index is 12.2. The summed E-state index contributed by atoms with van der Waals surface area (Å²) in [6.45, 7) is 1.27. The number of aryl methyl sites for hydroxylation is 2. The van der Waals surface area contributed by atoms with Crippen molar-refractivity contribution in [1.82, 2.24) is 28.9 Å². The molecule has 3 N–H and O–H groups in total. The van der Waals surface area contributed by atoms with E-state index in [4.69, 9.17) is 5.11 Å². The summed E-state index contributed by atoms with van der Waals surface area (Å²) in [4.78, 5) is 32.7. The number of fused-ring (bicyclic) bond motifs is 2. The van der Waals surface area contributed by atoms with Crippen molar-refractivity contribution < 1.29 is 10.2 Å². The number of hydrogen-bond acceptors (Lipinski definition) is 7. The Balaban J connectivity index is 1.76. The second-order valence-corrected chi connectivity index (χ2v) is 6.36. The zero-order valence-electron chi connectivity index (χ0n) is 14.4. The molecule has 1 atom stereocenters. The van der Waals surface area contributed by atoms with Gasteiger partial charge in [0.25, 0.3) is 5.56 Å². The highest BCUT2D eigenvalue weighted by molar-refractivity contribution is 5.74. The van der Waals surface area contributed by atoms with Crippen molar-refractivity contribution in [1.29, 1.82) is 0 Å². The van der Waals surface area contributed by atoms with Gasteiger partial charge in [0.05, 0.1) is 31.1 Å². The summed E-state index contributed by atoms with van der Waals surface area (Å²) < 4.78 is 4.77. The molecule has 11 nitrogen and oxygen atoms in total. The third-order valence-corrected chi connectivity index (χ3v) is 4.72. The van der Waals surface area contributed by atoms with E-state index in [1.165, 1.54) is 4.57 Å². The Morgan fingerprint density at radius 1 is 1.27 bits per heavy atom. The first-order valence-electron chi connectivity index (χ1n) is 8.17. The fourth-order valence-corrected chi connectivity index (χ4v) is 3.30. The summed E-state index contributed by atoms with van der Waals surface area (Å²) >= 11 is 0. The van der Waals surface area contributed by atoms with Crippen LogP contribution in [-0.4, -0.2) is 52.2 Å². The summed E-state index contributed by atoms with van der Waals surface area (Å²) in [5.41, 5.74) is 0.970. The van der Waals surface area contributed by atoms with Crippen molar-refractivity contribution in [3.05, 3.63) is 38.3 Å². The van der Waals surface area contributed by atoms with Gasteiger partial charge in [-0.2, -0.15) is 10.1 Å². The largest absolute Gasteiger partial charge is 0.393 e. The molecule has 0 bridgehead atoms. The van der Waals surface area contributed by atoms with Crippen LogP contribution >= 0.6 is 0 Å². The van der Waals surface area contributed by atoms with Gasteiger partial charge >= 0.3 is 5.69 Å². The van der Waals surface area contributed by atoms with Crippen LogP contribution in [0.2, 0.25) is 0 Å². The van der Waals surface area contributed by atoms with Crippen LogP contribution < -0.4 is 16.1 Å². The van der Waals surface area contributed by atoms with E-state index in [9.17, 15) is 14.7 Å². The zero-order valence-corrected chi connectivity index (χ0v) is 14.4. The minimum Gasteiger partial charge on any atom is -0.393 e. The number of aromatic nitrogens is 6. The second-order valence-electron chi connectivity index (χ2n) is 6.36. The summed E-state index contributed by atoms with van der Waals surface area (Å²) in [5.74, 6) is 0.573. The Labute approximate surface area is 146 Å². The van der Waals surface area contributed by atoms with Gasteiger partial charge in [0.15, 0.2) is 11.2 Å². The third kappa shape index (κ3) is 2.35. The van der Waals surface area contributed by atoms with Gasteiger partial charge in [-0.15, -0.1) is 0 Å². The number of rotatable bonds is 3. The predicted molar refractivity (Wildman–Crippen MR) is 91.9 cm³/mol. The molecule has 138 valence electrons. The topological polar surface area (TPSA) is 134 Å². The lowest BCUT2D eigenvalue weighted by Gasteiger charge is -2.28. The highest BCUT2D eigenvalue weighted by atomic mass is 16.3. The van der Waals surface area contributed by atoms with Crippen molar-refractivity contribution in [2.75, 3.05) is 18.1 Å². The molecule has 0 saturated carbocycles. The van der Waals surface area contributed by atoms with Gasteiger partial charge in [0.2, 0.25) is 5.95 Å². The molecule has 0 fully saturated rings. The first kappa shape index (κ1) is 16.5. The van der Waals surface area contributed by atoms with Crippen LogP contribution in [0.5, 0.6) is 0 Å². The van der Waals surface area contributed by atoms with Gasteiger partial charge in [-0.25, -0.2) is 4.79 Å². The minimum absolute atomic E-state index is 0.326. The van der Waals surface area contributed by atoms with E-state index in [0.29, 0.717) is 42.4 Å². The van der Waals surface area contributed by atoms with Gasteiger partial charge in [0.1, 0.15) is 6.10 Å². The molecular weight excluding hydrogens is 342 g/mol. The van der Waals surface area contributed by atoms with Crippen LogP contribution in [0.4, 0.5) is 5.95 Å². The molecule has 4 rings (SSSR count). The monoisotopic (exact) mass is 361 g/mol. The van der Waals surface area contributed by atoms with Gasteiger partial charge in [-0.3, -0.25) is 19.0 Å². The normalized spacial score (nSPS) is 15.5. The van der Waals surface area contributed by atoms with Crippen molar-refractivity contribution in [3.63, 3.8) is 0 Å². The second kappa shape index (κ2) is 5.81. The molecule has 26 heavy (non-hydrogen) atoms. The Hall–Kier alpha value is -2.92. The van der Waals surface area contributed by atoms with Crippen molar-refractivity contribution >= 4 is 17.1 Å². The van der Waals surface area contributed by atoms with E-state index in [-0.39, 0.29) is 6.61 Å². The molecule has 0 saturated heterocycles. The number of H-pyrrole nitrogens is 1. The van der Waals surface area contributed by atoms with E-state index in [0.717, 1.165) is 5.69 Å². The average Bonchev–Trinajstić information content (AvgIpc) is 3.20. The zero-order chi connectivity index (χ0) is 18.6. The molecule has 1 unspecified atom stereocenters. The van der Waals surface area contributed by atoms with E-state index in [1.54, 1.807) is 29.4 Å². The Morgan fingerprint density at radius 2 is 2.04 bits per heavy atom. The fourth-order valence-electron chi connectivity index (χ4n) is 3.30. The molecule has 11 heteroatoms. The minimum atomic E-state index is -1.01. The number of imidazole rings is 1. The maximum absolute atomic E-state index is 12.2. The Bertz CT molecular complexity index is 1110. The summed E-state index contributed by atoms with van der Waals surface area (Å²) in [7, 11) is 3.29. The Kier molecular flexibility index (Phi) is 3.70. The number of aliphatic hydroxyl groups is 2. The van der Waals surface area contributed by atoms with Crippen molar-refractivity contribution in [3.8, 4) is 0 Å². The smallest absolute Gasteiger partial charge is 0.329 e. The van der Waals surface area contributed by atoms with E-state index in [2.05, 4.69) is 15.1 Å². The first-order chi connectivity index (χ1) is 12.4. The maximum Gasteiger partial charge on any atom is 0.329 e. The summed E-state index contributed by atoms with van der Waals surface area (Å²) in [5, 5.41) is 23.2. The van der Waals surface area contributed by atoms with Gasteiger partial charge in [0, 0.05) is 20.6 Å². The lowest BCUT2D eigenvalue weighted by molar-refractivity contribution is 0.0916. The molecule has 3 aromatic rings. The van der Waals surface area contributed by atoms with E-state index in [1.807, 2.05) is 4.90 Å². The number of aliphatic hydroxyl groups excluding tert-OH is 2. The predicted octanol–water partition coefficient (Wildman–Crippen LogP) is -1.80. The van der Waals surface area contributed by atoms with E-state index >= 15 is 0 Å². The van der Waals surface area contributed by atoms with Crippen molar-refractivity contribution in [2.24, 2.45) is 14.1 Å². The molecule has 3 aromatic heterocycles. The standard InChI is InChI=1S/C15H19N7O4/c1-19-11-12(20(2)15(26)17-13(11)25)16-14(19)21-3-4-22-8(6-21)5-9(18-22)10(24)7-23/h5,10,23-24H,3-4,6-7H2,1-2H3,(H,17,25,26). The van der Waals surface area contributed by atoms with Crippen LogP contribution in [0.1, 0.15) is 17.5 Å². The SMILES string of the molecule is Cn1c(N2CCn3nc(C(O)CO)cc3C2)nc2c1c(=O)[nH]c(=O)n2C. The molecule has 1 aliphatic rings. The van der Waals surface area contributed by atoms with Crippen LogP contribution in [-0.2, 0) is 27.2 Å². The summed E-state index contributed by atoms with van der Waals surface area (Å²) in [6.07, 6.45) is -1.01. The van der Waals surface area contributed by atoms with Gasteiger partial charge < -0.3 is 19.7 Å². The molecule has 4 heterocycles. The van der Waals surface area contributed by atoms with Crippen LogP contribution in [0.15, 0.2) is 15.7 Å². The van der Waals surface area contributed by atoms with Crippen LogP contribution in [0.25, 0.3) is 11.2 Å². The Morgan fingerprint density at radius 3 is 2.77 bits per heavy atom. The highest BCUT2D eigenvalue weighted by Crippen LogP contribution is 2.24. The van der Waals surface area contributed by atoms with Crippen LogP contribution in [0.3, 0.4) is 0 Å². The lowest BCUT2D eigenvalue weighted by Crippen LogP contribution is -2.35. The van der Waals surface area contributed by atoms with Crippen LogP contribution in [0, 0.1) is 0 Å². The quantitative estimate of drug-likeness (QED) is 0.501. The van der Waals surface area contributed by atoms with Gasteiger partial charge in [-0.05, 0) is 6.07 Å². The lowest BCUT2D eigenvalue weighted by atomic mass is 10.2. The molecule has 0 aromatic carbocycles. The molecular formula is C15H19N7O4. The molecule has 0 spiro atoms. The molecule has 1 aliphatic heterocycles. The fraction of sp³-hybridized carbons (Fsp3) is 0.467. The number of aromatic amines is 1. The number of hydrogen-bond donors (Lipinski definition) is 3. The average molecular weight is 361 g/mol. The van der Waals surface area contributed by atoms with Gasteiger partial charge in [-0.1, -0.05) is 0 Å². The first-order valence-corrected chi connectivity index (χ1v) is 8.17. The molecule has 0 radical (unpaired) electrons. The molecule has 0 aliphatic carbocycles. The number of nitrogens with zero attached hydrogens (tertiary/aromatic N) is 6. The van der Waals surface area contributed by atoms with Crippen molar-refractivity contribution in [2.45, 2.75) is 19.2 Å². The summed E-state index contributed by atoms with van der Waals surface area (Å²) in [6, 6.07) is 1.75. The number of nitrogens with one attached hydrogen (secondary N) is 1. The number of anilines is 1. The highest BCUT2D eigenvalue weighted by Gasteiger charge is 2.25. The molecule has 0 amide bonds. The van der Waals surface area contributed by atoms with E-state index < -0.39 is 17.4 Å².